The molecule has 0 unspecified atom stereocenters. The molecule has 0 spiro atoms. The first-order valence-electron chi connectivity index (χ1n) is 8.28. The van der Waals surface area contributed by atoms with Crippen molar-refractivity contribution in [2.45, 2.75) is 12.8 Å². The normalized spacial score (nSPS) is 13.5. The molecule has 0 aliphatic heterocycles. The van der Waals surface area contributed by atoms with E-state index in [4.69, 9.17) is 11.6 Å². The number of aromatic nitrogens is 1. The number of hydrogen-bond donors (Lipinski definition) is 2. The number of nitrogens with one attached hydrogen (secondary N) is 2. The Labute approximate surface area is 160 Å². The third kappa shape index (κ3) is 3.64. The standard InChI is InChI=1S/C20H16ClN3OS/c21-13-10-11-16(24-20(25)22-14-6-2-1-3-7-14)15(12-13)19-23-17-8-4-5-9-18(17)26-19/h1-2,4-6,8-12H,3,7H2,(H2,22,24,25). The number of carbonyl (C=O) groups excluding carboxylic acids is 1. The number of halogens is 1. The van der Waals surface area contributed by atoms with Crippen molar-refractivity contribution in [3.63, 3.8) is 0 Å². The summed E-state index contributed by atoms with van der Waals surface area (Å²) in [6.07, 6.45) is 7.71. The summed E-state index contributed by atoms with van der Waals surface area (Å²) in [6.45, 7) is 0. The van der Waals surface area contributed by atoms with E-state index in [0.717, 1.165) is 39.3 Å². The first-order valence-corrected chi connectivity index (χ1v) is 9.48. The van der Waals surface area contributed by atoms with Crippen LogP contribution in [0.25, 0.3) is 20.8 Å². The molecule has 4 rings (SSSR count). The number of fused-ring (bicyclic) bond motifs is 1. The first kappa shape index (κ1) is 16.8. The van der Waals surface area contributed by atoms with E-state index in [2.05, 4.69) is 21.7 Å². The molecule has 2 N–H and O–H groups in total. The Morgan fingerprint density at radius 2 is 2.04 bits per heavy atom. The predicted molar refractivity (Wildman–Crippen MR) is 109 cm³/mol. The third-order valence-electron chi connectivity index (χ3n) is 4.04. The molecule has 26 heavy (non-hydrogen) atoms. The van der Waals surface area contributed by atoms with E-state index in [0.29, 0.717) is 10.7 Å². The maximum Gasteiger partial charge on any atom is 0.323 e. The van der Waals surface area contributed by atoms with Crippen LogP contribution >= 0.6 is 22.9 Å². The summed E-state index contributed by atoms with van der Waals surface area (Å²) in [5.74, 6) is 0. The number of benzene rings is 2. The van der Waals surface area contributed by atoms with Crippen LogP contribution in [0, 0.1) is 0 Å². The highest BCUT2D eigenvalue weighted by atomic mass is 35.5. The second-order valence-corrected chi connectivity index (χ2v) is 7.38. The van der Waals surface area contributed by atoms with Crippen LogP contribution in [0.5, 0.6) is 0 Å². The molecule has 0 saturated carbocycles. The summed E-state index contributed by atoms with van der Waals surface area (Å²) in [7, 11) is 0. The van der Waals surface area contributed by atoms with Crippen molar-refractivity contribution in [3.05, 3.63) is 71.4 Å². The molecular weight excluding hydrogens is 366 g/mol. The van der Waals surface area contributed by atoms with Crippen LogP contribution in [0.15, 0.2) is 66.4 Å². The zero-order valence-corrected chi connectivity index (χ0v) is 15.4. The van der Waals surface area contributed by atoms with Gasteiger partial charge in [-0.25, -0.2) is 9.78 Å². The number of para-hydroxylation sites is 1. The zero-order chi connectivity index (χ0) is 17.9. The largest absolute Gasteiger partial charge is 0.323 e. The smallest absolute Gasteiger partial charge is 0.312 e. The molecule has 3 aromatic rings. The van der Waals surface area contributed by atoms with Crippen LogP contribution in [0.3, 0.4) is 0 Å². The molecule has 1 aliphatic carbocycles. The fourth-order valence-corrected chi connectivity index (χ4v) is 3.96. The fraction of sp³-hybridized carbons (Fsp3) is 0.100. The maximum atomic E-state index is 12.4. The quantitative estimate of drug-likeness (QED) is 0.587. The molecule has 0 atom stereocenters. The number of rotatable bonds is 3. The Morgan fingerprint density at radius 3 is 2.85 bits per heavy atom. The van der Waals surface area contributed by atoms with Gasteiger partial charge in [-0.1, -0.05) is 35.9 Å². The van der Waals surface area contributed by atoms with E-state index in [-0.39, 0.29) is 6.03 Å². The number of nitrogens with zero attached hydrogens (tertiary/aromatic N) is 1. The lowest BCUT2D eigenvalue weighted by Gasteiger charge is -2.14. The van der Waals surface area contributed by atoms with Crippen molar-refractivity contribution < 1.29 is 4.79 Å². The van der Waals surface area contributed by atoms with Gasteiger partial charge in [0.05, 0.1) is 15.9 Å². The van der Waals surface area contributed by atoms with Crippen molar-refractivity contribution >= 4 is 44.9 Å². The molecule has 1 aromatic heterocycles. The summed E-state index contributed by atoms with van der Waals surface area (Å²) in [6, 6.07) is 13.1. The van der Waals surface area contributed by atoms with Gasteiger partial charge >= 0.3 is 6.03 Å². The monoisotopic (exact) mass is 381 g/mol. The van der Waals surface area contributed by atoms with E-state index in [1.807, 2.05) is 42.5 Å². The van der Waals surface area contributed by atoms with Gasteiger partial charge in [-0.15, -0.1) is 11.3 Å². The van der Waals surface area contributed by atoms with Crippen molar-refractivity contribution in [3.8, 4) is 10.6 Å². The number of anilines is 1. The SMILES string of the molecule is O=C(NC1=CC=CCC1)Nc1ccc(Cl)cc1-c1nc2ccccc2s1. The lowest BCUT2D eigenvalue weighted by atomic mass is 10.1. The Morgan fingerprint density at radius 1 is 1.15 bits per heavy atom. The van der Waals surface area contributed by atoms with Crippen molar-refractivity contribution in [2.75, 3.05) is 5.32 Å². The molecule has 6 heteroatoms. The van der Waals surface area contributed by atoms with Gasteiger partial charge in [-0.05, 0) is 49.2 Å². The van der Waals surface area contributed by atoms with Gasteiger partial charge in [-0.2, -0.15) is 0 Å². The van der Waals surface area contributed by atoms with Crippen LogP contribution in [0.4, 0.5) is 10.5 Å². The minimum absolute atomic E-state index is 0.267. The predicted octanol–water partition coefficient (Wildman–Crippen LogP) is 5.97. The molecule has 0 fully saturated rings. The molecule has 2 amide bonds. The number of allylic oxidation sites excluding steroid dienone is 4. The number of urea groups is 1. The zero-order valence-electron chi connectivity index (χ0n) is 13.8. The van der Waals surface area contributed by atoms with Crippen LogP contribution in [-0.2, 0) is 0 Å². The number of thiazole rings is 1. The summed E-state index contributed by atoms with van der Waals surface area (Å²) in [4.78, 5) is 17.1. The van der Waals surface area contributed by atoms with Crippen LogP contribution < -0.4 is 10.6 Å². The average Bonchev–Trinajstić information content (AvgIpc) is 3.08. The minimum atomic E-state index is -0.267. The molecule has 1 aliphatic rings. The summed E-state index contributed by atoms with van der Waals surface area (Å²) in [5, 5.41) is 7.24. The Kier molecular flexibility index (Phi) is 4.73. The van der Waals surface area contributed by atoms with Gasteiger partial charge in [0, 0.05) is 16.3 Å². The molecule has 1 heterocycles. The molecule has 4 nitrogen and oxygen atoms in total. The third-order valence-corrected chi connectivity index (χ3v) is 5.35. The Balaban J connectivity index is 1.63. The van der Waals surface area contributed by atoms with Gasteiger partial charge in [0.2, 0.25) is 0 Å². The average molecular weight is 382 g/mol. The van der Waals surface area contributed by atoms with Gasteiger partial charge in [0.25, 0.3) is 0 Å². The van der Waals surface area contributed by atoms with Gasteiger partial charge in [0.15, 0.2) is 0 Å². The summed E-state index contributed by atoms with van der Waals surface area (Å²) in [5.41, 5.74) is 3.33. The van der Waals surface area contributed by atoms with Crippen molar-refractivity contribution in [1.29, 1.82) is 0 Å². The highest BCUT2D eigenvalue weighted by Gasteiger charge is 2.14. The molecule has 130 valence electrons. The van der Waals surface area contributed by atoms with Crippen molar-refractivity contribution in [2.24, 2.45) is 0 Å². The first-order chi connectivity index (χ1) is 12.7. The molecule has 0 bridgehead atoms. The highest BCUT2D eigenvalue weighted by molar-refractivity contribution is 7.21. The second-order valence-electron chi connectivity index (χ2n) is 5.91. The summed E-state index contributed by atoms with van der Waals surface area (Å²) >= 11 is 7.76. The van der Waals surface area contributed by atoms with E-state index in [1.54, 1.807) is 23.5 Å². The van der Waals surface area contributed by atoms with Crippen LogP contribution in [0.2, 0.25) is 5.02 Å². The second kappa shape index (κ2) is 7.32. The van der Waals surface area contributed by atoms with Gasteiger partial charge in [0.1, 0.15) is 5.01 Å². The number of amides is 2. The number of hydrogen-bond acceptors (Lipinski definition) is 3. The molecular formula is C20H16ClN3OS. The Bertz CT molecular complexity index is 1010. The van der Waals surface area contributed by atoms with E-state index in [1.165, 1.54) is 0 Å². The van der Waals surface area contributed by atoms with Crippen LogP contribution in [0.1, 0.15) is 12.8 Å². The van der Waals surface area contributed by atoms with Crippen molar-refractivity contribution in [1.82, 2.24) is 10.3 Å². The van der Waals surface area contributed by atoms with E-state index >= 15 is 0 Å². The molecule has 0 radical (unpaired) electrons. The Hall–Kier alpha value is -2.63. The fourth-order valence-electron chi connectivity index (χ4n) is 2.80. The molecule has 2 aromatic carbocycles. The van der Waals surface area contributed by atoms with Crippen LogP contribution in [-0.4, -0.2) is 11.0 Å². The summed E-state index contributed by atoms with van der Waals surface area (Å²) < 4.78 is 1.09. The van der Waals surface area contributed by atoms with E-state index < -0.39 is 0 Å². The number of carbonyl (C=O) groups is 1. The minimum Gasteiger partial charge on any atom is -0.312 e. The lowest BCUT2D eigenvalue weighted by molar-refractivity contribution is 0.254. The molecule has 0 saturated heterocycles. The van der Waals surface area contributed by atoms with Gasteiger partial charge < -0.3 is 10.6 Å². The highest BCUT2D eigenvalue weighted by Crippen LogP contribution is 2.36. The van der Waals surface area contributed by atoms with E-state index in [9.17, 15) is 4.79 Å². The lowest BCUT2D eigenvalue weighted by Crippen LogP contribution is -2.28. The maximum absolute atomic E-state index is 12.4. The topological polar surface area (TPSA) is 54.0 Å². The van der Waals surface area contributed by atoms with Gasteiger partial charge in [-0.3, -0.25) is 0 Å².